The Bertz CT molecular complexity index is 674. The lowest BCUT2D eigenvalue weighted by atomic mass is 10.0. The first-order chi connectivity index (χ1) is 12.0. The Labute approximate surface area is 149 Å². The third-order valence-corrected chi connectivity index (χ3v) is 4.05. The van der Waals surface area contributed by atoms with E-state index in [1.165, 1.54) is 0 Å². The van der Waals surface area contributed by atoms with Crippen molar-refractivity contribution in [2.75, 3.05) is 14.2 Å². The van der Waals surface area contributed by atoms with Crippen molar-refractivity contribution in [1.29, 1.82) is 0 Å². The van der Waals surface area contributed by atoms with Crippen molar-refractivity contribution in [2.24, 2.45) is 5.73 Å². The van der Waals surface area contributed by atoms with Crippen LogP contribution in [0.3, 0.4) is 0 Å². The molecule has 25 heavy (non-hydrogen) atoms. The fourth-order valence-electron chi connectivity index (χ4n) is 2.64. The van der Waals surface area contributed by atoms with Gasteiger partial charge in [-0.1, -0.05) is 18.2 Å². The minimum Gasteiger partial charge on any atom is -0.493 e. The predicted molar refractivity (Wildman–Crippen MR) is 98.3 cm³/mol. The zero-order valence-corrected chi connectivity index (χ0v) is 15.1. The lowest BCUT2D eigenvalue weighted by Gasteiger charge is -2.20. The molecule has 0 aliphatic carbocycles. The highest BCUT2D eigenvalue weighted by Crippen LogP contribution is 2.28. The quantitative estimate of drug-likeness (QED) is 0.683. The fraction of sp³-hybridized carbons (Fsp3) is 0.400. The van der Waals surface area contributed by atoms with Gasteiger partial charge in [0.05, 0.1) is 14.2 Å². The van der Waals surface area contributed by atoms with Gasteiger partial charge in [-0.15, -0.1) is 0 Å². The van der Waals surface area contributed by atoms with Gasteiger partial charge in [-0.2, -0.15) is 0 Å². The van der Waals surface area contributed by atoms with E-state index >= 15 is 0 Å². The van der Waals surface area contributed by atoms with E-state index in [1.54, 1.807) is 14.2 Å². The summed E-state index contributed by atoms with van der Waals surface area (Å²) in [7, 11) is 3.23. The normalized spacial score (nSPS) is 13.2. The van der Waals surface area contributed by atoms with Gasteiger partial charge in [0.25, 0.3) is 0 Å². The average molecular weight is 345 g/mol. The summed E-state index contributed by atoms with van der Waals surface area (Å²) in [5.74, 6) is 2.09. The number of methoxy groups -OCH3 is 2. The van der Waals surface area contributed by atoms with Gasteiger partial charge >= 0.3 is 0 Å². The zero-order valence-electron chi connectivity index (χ0n) is 15.1. The van der Waals surface area contributed by atoms with Gasteiger partial charge in [0.1, 0.15) is 11.9 Å². The molecule has 2 aromatic carbocycles. The Morgan fingerprint density at radius 2 is 1.80 bits per heavy atom. The summed E-state index contributed by atoms with van der Waals surface area (Å²) >= 11 is 0. The van der Waals surface area contributed by atoms with Crippen LogP contribution < -0.4 is 19.9 Å². The first-order valence-corrected chi connectivity index (χ1v) is 8.41. The summed E-state index contributed by atoms with van der Waals surface area (Å²) in [6.45, 7) is 1.98. The van der Waals surface area contributed by atoms with Gasteiger partial charge in [0, 0.05) is 0 Å². The van der Waals surface area contributed by atoms with Crippen LogP contribution in [0.25, 0.3) is 0 Å². The minimum atomic E-state index is -0.743. The van der Waals surface area contributed by atoms with Gasteiger partial charge in [0.2, 0.25) is 0 Å². The summed E-state index contributed by atoms with van der Waals surface area (Å²) < 4.78 is 16.2. The summed E-state index contributed by atoms with van der Waals surface area (Å²) in [5, 5.41) is 10.2. The lowest BCUT2D eigenvalue weighted by molar-refractivity contribution is 0.0334. The molecule has 3 N–H and O–H groups in total. The van der Waals surface area contributed by atoms with Crippen molar-refractivity contribution in [1.82, 2.24) is 0 Å². The van der Waals surface area contributed by atoms with Gasteiger partial charge in [0.15, 0.2) is 17.7 Å². The van der Waals surface area contributed by atoms with Gasteiger partial charge in [-0.25, -0.2) is 0 Å². The molecule has 0 saturated heterocycles. The van der Waals surface area contributed by atoms with E-state index in [4.69, 9.17) is 19.9 Å². The van der Waals surface area contributed by atoms with E-state index in [0.29, 0.717) is 23.7 Å². The highest BCUT2D eigenvalue weighted by Gasteiger charge is 2.16. The van der Waals surface area contributed by atoms with E-state index in [-0.39, 0.29) is 0 Å². The van der Waals surface area contributed by atoms with Crippen LogP contribution in [0.4, 0.5) is 0 Å². The Morgan fingerprint density at radius 3 is 2.48 bits per heavy atom. The third-order valence-electron chi connectivity index (χ3n) is 4.05. The molecule has 0 amide bonds. The largest absolute Gasteiger partial charge is 0.493 e. The molecule has 2 atom stereocenters. The van der Waals surface area contributed by atoms with Crippen LogP contribution >= 0.6 is 0 Å². The SMILES string of the molecule is COc1ccc(CCCC(O)C(N)Oc2cccc(C)c2)cc1OC. The number of aryl methyl sites for hydroxylation is 2. The zero-order chi connectivity index (χ0) is 18.2. The number of rotatable bonds is 9. The molecule has 2 aromatic rings. The average Bonchev–Trinajstić information content (AvgIpc) is 2.61. The van der Waals surface area contributed by atoms with E-state index in [2.05, 4.69) is 0 Å². The van der Waals surface area contributed by atoms with Crippen LogP contribution in [0.5, 0.6) is 17.2 Å². The molecule has 5 nitrogen and oxygen atoms in total. The molecule has 136 valence electrons. The maximum Gasteiger partial charge on any atom is 0.173 e. The molecular weight excluding hydrogens is 318 g/mol. The van der Waals surface area contributed by atoms with Crippen LogP contribution in [-0.2, 0) is 6.42 Å². The third kappa shape index (κ3) is 5.66. The number of aliphatic hydroxyl groups excluding tert-OH is 1. The minimum absolute atomic E-state index is 0.557. The van der Waals surface area contributed by atoms with Crippen LogP contribution in [-0.4, -0.2) is 31.7 Å². The van der Waals surface area contributed by atoms with Gasteiger partial charge in [-0.3, -0.25) is 5.73 Å². The molecule has 2 rings (SSSR count). The molecule has 5 heteroatoms. The van der Waals surface area contributed by atoms with E-state index < -0.39 is 12.3 Å². The van der Waals surface area contributed by atoms with Crippen LogP contribution in [0.1, 0.15) is 24.0 Å². The topological polar surface area (TPSA) is 73.9 Å². The second-order valence-electron chi connectivity index (χ2n) is 6.05. The number of benzene rings is 2. The van der Waals surface area contributed by atoms with Gasteiger partial charge in [-0.05, 0) is 61.6 Å². The maximum atomic E-state index is 10.2. The van der Waals surface area contributed by atoms with E-state index in [0.717, 1.165) is 24.0 Å². The lowest BCUT2D eigenvalue weighted by Crippen LogP contribution is -2.39. The first kappa shape index (κ1) is 19.1. The van der Waals surface area contributed by atoms with E-state index in [9.17, 15) is 5.11 Å². The molecule has 0 heterocycles. The molecule has 0 bridgehead atoms. The summed E-state index contributed by atoms with van der Waals surface area (Å²) in [4.78, 5) is 0. The molecular formula is C20H27NO4. The molecule has 0 saturated carbocycles. The molecule has 0 spiro atoms. The van der Waals surface area contributed by atoms with Crippen molar-refractivity contribution in [2.45, 2.75) is 38.5 Å². The van der Waals surface area contributed by atoms with E-state index in [1.807, 2.05) is 49.4 Å². The Kier molecular flexibility index (Phi) is 7.10. The first-order valence-electron chi connectivity index (χ1n) is 8.41. The monoisotopic (exact) mass is 345 g/mol. The summed E-state index contributed by atoms with van der Waals surface area (Å²) in [6.07, 6.45) is 0.699. The number of nitrogens with two attached hydrogens (primary N) is 1. The second kappa shape index (κ2) is 9.30. The highest BCUT2D eigenvalue weighted by molar-refractivity contribution is 5.42. The Balaban J connectivity index is 1.82. The van der Waals surface area contributed by atoms with Crippen molar-refractivity contribution in [3.8, 4) is 17.2 Å². The predicted octanol–water partition coefficient (Wildman–Crippen LogP) is 3.06. The number of hydrogen-bond donors (Lipinski definition) is 2. The molecule has 2 unspecified atom stereocenters. The Morgan fingerprint density at radius 1 is 1.04 bits per heavy atom. The highest BCUT2D eigenvalue weighted by atomic mass is 16.5. The fourth-order valence-corrected chi connectivity index (χ4v) is 2.64. The maximum absolute atomic E-state index is 10.2. The van der Waals surface area contributed by atoms with Crippen molar-refractivity contribution >= 4 is 0 Å². The molecule has 0 fully saturated rings. The molecule has 0 aromatic heterocycles. The smallest absolute Gasteiger partial charge is 0.173 e. The van der Waals surface area contributed by atoms with Crippen molar-refractivity contribution in [3.63, 3.8) is 0 Å². The van der Waals surface area contributed by atoms with Crippen LogP contribution in [0.15, 0.2) is 42.5 Å². The van der Waals surface area contributed by atoms with Crippen LogP contribution in [0, 0.1) is 6.92 Å². The summed E-state index contributed by atoms with van der Waals surface area (Å²) in [6, 6.07) is 13.5. The number of aliphatic hydroxyl groups is 1. The standard InChI is InChI=1S/C20H27NO4/c1-14-6-4-8-16(12-14)25-20(21)17(22)9-5-7-15-10-11-18(23-2)19(13-15)24-3/h4,6,8,10-13,17,20,22H,5,7,9,21H2,1-3H3. The van der Waals surface area contributed by atoms with Crippen molar-refractivity contribution < 1.29 is 19.3 Å². The molecule has 0 aliphatic heterocycles. The molecule has 0 aliphatic rings. The molecule has 0 radical (unpaired) electrons. The summed E-state index contributed by atoms with van der Waals surface area (Å²) in [5.41, 5.74) is 8.17. The van der Waals surface area contributed by atoms with Crippen molar-refractivity contribution in [3.05, 3.63) is 53.6 Å². The van der Waals surface area contributed by atoms with Crippen LogP contribution in [0.2, 0.25) is 0 Å². The number of hydrogen-bond acceptors (Lipinski definition) is 5. The Hall–Kier alpha value is -2.24. The van der Waals surface area contributed by atoms with Gasteiger partial charge < -0.3 is 19.3 Å². The number of ether oxygens (including phenoxy) is 3. The second-order valence-corrected chi connectivity index (χ2v) is 6.05.